The fourth-order valence-corrected chi connectivity index (χ4v) is 3.75. The van der Waals surface area contributed by atoms with Crippen molar-refractivity contribution in [3.8, 4) is 0 Å². The quantitative estimate of drug-likeness (QED) is 0.807. The van der Waals surface area contributed by atoms with Gasteiger partial charge in [-0.1, -0.05) is 0 Å². The SMILES string of the molecule is CC(C)(C)OC(=O)N1CCC(NS(=O)(=O)c2ccc(N)cc2)CC1. The lowest BCUT2D eigenvalue weighted by Crippen LogP contribution is -2.47. The molecule has 134 valence electrons. The Bertz CT molecular complexity index is 672. The van der Waals surface area contributed by atoms with Crippen LogP contribution in [0.25, 0.3) is 0 Å². The maximum atomic E-state index is 12.4. The van der Waals surface area contributed by atoms with Gasteiger partial charge in [0.25, 0.3) is 0 Å². The monoisotopic (exact) mass is 355 g/mol. The maximum absolute atomic E-state index is 12.4. The van der Waals surface area contributed by atoms with Gasteiger partial charge in [-0.15, -0.1) is 0 Å². The summed E-state index contributed by atoms with van der Waals surface area (Å²) >= 11 is 0. The molecule has 0 atom stereocenters. The molecule has 24 heavy (non-hydrogen) atoms. The van der Waals surface area contributed by atoms with E-state index in [1.165, 1.54) is 12.1 Å². The third-order valence-electron chi connectivity index (χ3n) is 3.66. The molecule has 0 bridgehead atoms. The number of carbonyl (C=O) groups excluding carboxylic acids is 1. The van der Waals surface area contributed by atoms with Crippen molar-refractivity contribution < 1.29 is 17.9 Å². The molecule has 0 aromatic heterocycles. The van der Waals surface area contributed by atoms with Crippen molar-refractivity contribution in [1.82, 2.24) is 9.62 Å². The Morgan fingerprint density at radius 3 is 2.25 bits per heavy atom. The molecule has 1 fully saturated rings. The minimum Gasteiger partial charge on any atom is -0.444 e. The van der Waals surface area contributed by atoms with Crippen LogP contribution in [0.4, 0.5) is 10.5 Å². The summed E-state index contributed by atoms with van der Waals surface area (Å²) in [4.78, 5) is 13.8. The van der Waals surface area contributed by atoms with Crippen molar-refractivity contribution in [2.75, 3.05) is 18.8 Å². The van der Waals surface area contributed by atoms with E-state index in [1.54, 1.807) is 17.0 Å². The predicted molar refractivity (Wildman–Crippen MR) is 92.0 cm³/mol. The molecule has 1 heterocycles. The maximum Gasteiger partial charge on any atom is 0.410 e. The first-order valence-corrected chi connectivity index (χ1v) is 9.41. The van der Waals surface area contributed by atoms with Crippen molar-refractivity contribution in [3.63, 3.8) is 0 Å². The van der Waals surface area contributed by atoms with Crippen LogP contribution in [-0.2, 0) is 14.8 Å². The second-order valence-corrected chi connectivity index (χ2v) is 8.65. The number of benzene rings is 1. The standard InChI is InChI=1S/C16H25N3O4S/c1-16(2,3)23-15(20)19-10-8-13(9-11-19)18-24(21,22)14-6-4-12(17)5-7-14/h4-7,13,18H,8-11,17H2,1-3H3. The van der Waals surface area contributed by atoms with Crippen LogP contribution in [0.1, 0.15) is 33.6 Å². The third-order valence-corrected chi connectivity index (χ3v) is 5.20. The van der Waals surface area contributed by atoms with Gasteiger partial charge in [-0.3, -0.25) is 0 Å². The molecule has 3 N–H and O–H groups in total. The smallest absolute Gasteiger partial charge is 0.410 e. The fraction of sp³-hybridized carbons (Fsp3) is 0.562. The Labute approximate surface area is 143 Å². The summed E-state index contributed by atoms with van der Waals surface area (Å²) in [5.74, 6) is 0. The summed E-state index contributed by atoms with van der Waals surface area (Å²) in [5.41, 5.74) is 5.55. The lowest BCUT2D eigenvalue weighted by Gasteiger charge is -2.33. The van der Waals surface area contributed by atoms with Gasteiger partial charge in [-0.05, 0) is 57.9 Å². The van der Waals surface area contributed by atoms with Crippen LogP contribution in [-0.4, -0.2) is 44.1 Å². The number of anilines is 1. The van der Waals surface area contributed by atoms with Crippen molar-refractivity contribution in [2.24, 2.45) is 0 Å². The molecule has 7 nitrogen and oxygen atoms in total. The Kier molecular flexibility index (Phi) is 5.39. The molecule has 0 spiro atoms. The van der Waals surface area contributed by atoms with Gasteiger partial charge in [-0.25, -0.2) is 17.9 Å². The molecule has 0 aliphatic carbocycles. The molecule has 1 saturated heterocycles. The molecular weight excluding hydrogens is 330 g/mol. The van der Waals surface area contributed by atoms with Gasteiger partial charge in [0.05, 0.1) is 4.90 Å². The minimum atomic E-state index is -3.58. The van der Waals surface area contributed by atoms with E-state index in [-0.39, 0.29) is 17.0 Å². The average Bonchev–Trinajstić information content (AvgIpc) is 2.46. The number of nitrogens with two attached hydrogens (primary N) is 1. The Morgan fingerprint density at radius 1 is 1.21 bits per heavy atom. The number of nitrogens with one attached hydrogen (secondary N) is 1. The van der Waals surface area contributed by atoms with Gasteiger partial charge in [-0.2, -0.15) is 0 Å². The normalized spacial score (nSPS) is 16.9. The van der Waals surface area contributed by atoms with Crippen LogP contribution in [0, 0.1) is 0 Å². The summed E-state index contributed by atoms with van der Waals surface area (Å²) in [6, 6.07) is 5.87. The highest BCUT2D eigenvalue weighted by atomic mass is 32.2. The number of piperidine rings is 1. The van der Waals surface area contributed by atoms with Crippen LogP contribution in [0.3, 0.4) is 0 Å². The Hall–Kier alpha value is -1.80. The molecule has 1 aromatic rings. The largest absolute Gasteiger partial charge is 0.444 e. The van der Waals surface area contributed by atoms with Gasteiger partial charge in [0.15, 0.2) is 0 Å². The highest BCUT2D eigenvalue weighted by molar-refractivity contribution is 7.89. The molecule has 1 aliphatic rings. The number of amides is 1. The molecule has 0 radical (unpaired) electrons. The first-order valence-electron chi connectivity index (χ1n) is 7.93. The average molecular weight is 355 g/mol. The van der Waals surface area contributed by atoms with E-state index in [4.69, 9.17) is 10.5 Å². The third kappa shape index (κ3) is 5.10. The van der Waals surface area contributed by atoms with E-state index in [1.807, 2.05) is 20.8 Å². The van der Waals surface area contributed by atoms with Gasteiger partial charge in [0.2, 0.25) is 10.0 Å². The first kappa shape index (κ1) is 18.5. The van der Waals surface area contributed by atoms with Crippen LogP contribution in [0.2, 0.25) is 0 Å². The van der Waals surface area contributed by atoms with Crippen molar-refractivity contribution >= 4 is 21.8 Å². The summed E-state index contributed by atoms with van der Waals surface area (Å²) in [6.45, 7) is 6.38. The topological polar surface area (TPSA) is 102 Å². The van der Waals surface area contributed by atoms with Gasteiger partial charge in [0, 0.05) is 24.8 Å². The number of rotatable bonds is 3. The van der Waals surface area contributed by atoms with E-state index in [0.29, 0.717) is 31.6 Å². The lowest BCUT2D eigenvalue weighted by molar-refractivity contribution is 0.0203. The summed E-state index contributed by atoms with van der Waals surface area (Å²) in [5, 5.41) is 0. The molecule has 0 saturated carbocycles. The van der Waals surface area contributed by atoms with Gasteiger partial charge < -0.3 is 15.4 Å². The van der Waals surface area contributed by atoms with Crippen molar-refractivity contribution in [2.45, 2.75) is 50.2 Å². The fourth-order valence-electron chi connectivity index (χ4n) is 2.44. The molecule has 1 aromatic carbocycles. The lowest BCUT2D eigenvalue weighted by atomic mass is 10.1. The van der Waals surface area contributed by atoms with E-state index in [0.717, 1.165) is 0 Å². The second kappa shape index (κ2) is 6.98. The number of likely N-dealkylation sites (tertiary alicyclic amines) is 1. The van der Waals surface area contributed by atoms with Crippen molar-refractivity contribution in [3.05, 3.63) is 24.3 Å². The second-order valence-electron chi connectivity index (χ2n) is 6.93. The number of nitrogens with zero attached hydrogens (tertiary/aromatic N) is 1. The number of nitrogen functional groups attached to an aromatic ring is 1. The Balaban J connectivity index is 1.91. The van der Waals surface area contributed by atoms with E-state index < -0.39 is 15.6 Å². The van der Waals surface area contributed by atoms with Crippen LogP contribution in [0.5, 0.6) is 0 Å². The minimum absolute atomic E-state index is 0.186. The van der Waals surface area contributed by atoms with Gasteiger partial charge in [0.1, 0.15) is 5.60 Å². The van der Waals surface area contributed by atoms with E-state index in [9.17, 15) is 13.2 Å². The number of ether oxygens (including phenoxy) is 1. The number of carbonyl (C=O) groups is 1. The number of hydrogen-bond donors (Lipinski definition) is 2. The number of sulfonamides is 1. The van der Waals surface area contributed by atoms with Crippen molar-refractivity contribution in [1.29, 1.82) is 0 Å². The zero-order valence-corrected chi connectivity index (χ0v) is 15.1. The molecule has 0 unspecified atom stereocenters. The Morgan fingerprint density at radius 2 is 1.75 bits per heavy atom. The van der Waals surface area contributed by atoms with Crippen LogP contribution >= 0.6 is 0 Å². The predicted octanol–water partition coefficient (Wildman–Crippen LogP) is 1.95. The van der Waals surface area contributed by atoms with Crippen LogP contribution in [0.15, 0.2) is 29.2 Å². The molecule has 1 aliphatic heterocycles. The molecule has 2 rings (SSSR count). The van der Waals surface area contributed by atoms with Gasteiger partial charge >= 0.3 is 6.09 Å². The van der Waals surface area contributed by atoms with E-state index in [2.05, 4.69) is 4.72 Å². The first-order chi connectivity index (χ1) is 11.1. The summed E-state index contributed by atoms with van der Waals surface area (Å²) < 4.78 is 32.7. The molecule has 1 amide bonds. The summed E-state index contributed by atoms with van der Waals surface area (Å²) in [7, 11) is -3.58. The molecule has 8 heteroatoms. The number of hydrogen-bond acceptors (Lipinski definition) is 5. The zero-order chi connectivity index (χ0) is 18.0. The van der Waals surface area contributed by atoms with E-state index >= 15 is 0 Å². The highest BCUT2D eigenvalue weighted by Gasteiger charge is 2.29. The van der Waals surface area contributed by atoms with Crippen LogP contribution < -0.4 is 10.5 Å². The zero-order valence-electron chi connectivity index (χ0n) is 14.3. The highest BCUT2D eigenvalue weighted by Crippen LogP contribution is 2.18. The summed E-state index contributed by atoms with van der Waals surface area (Å²) in [6.07, 6.45) is 0.739. The molecular formula is C16H25N3O4S.